The van der Waals surface area contributed by atoms with Gasteiger partial charge >= 0.3 is 5.97 Å². The van der Waals surface area contributed by atoms with Gasteiger partial charge in [0.05, 0.1) is 12.3 Å². The third-order valence-electron chi connectivity index (χ3n) is 9.89. The number of nitrogens with zero attached hydrogens (tertiary/aromatic N) is 7. The molecule has 5 aromatic rings. The topological polar surface area (TPSA) is 107 Å². The summed E-state index contributed by atoms with van der Waals surface area (Å²) in [5.41, 5.74) is 8.38. The first-order valence-electron chi connectivity index (χ1n) is 18.9. The van der Waals surface area contributed by atoms with Gasteiger partial charge in [0, 0.05) is 64.1 Å². The predicted octanol–water partition coefficient (Wildman–Crippen LogP) is 8.48. The lowest BCUT2D eigenvalue weighted by Crippen LogP contribution is -2.31. The lowest BCUT2D eigenvalue weighted by molar-refractivity contribution is -0.143. The van der Waals surface area contributed by atoms with Crippen molar-refractivity contribution in [1.82, 2.24) is 24.6 Å². The predicted molar refractivity (Wildman–Crippen MR) is 214 cm³/mol. The lowest BCUT2D eigenvalue weighted by atomic mass is 9.95. The number of carbonyl (C=O) groups excluding carboxylic acids is 1. The third-order valence-corrected chi connectivity index (χ3v) is 11.4. The van der Waals surface area contributed by atoms with Crippen LogP contribution in [0.4, 0.5) is 0 Å². The Morgan fingerprint density at radius 3 is 2.74 bits per heavy atom. The average Bonchev–Trinajstić information content (AvgIpc) is 3.72. The number of esters is 1. The van der Waals surface area contributed by atoms with Crippen LogP contribution in [0, 0.1) is 6.92 Å². The normalized spacial score (nSPS) is 15.5. The maximum Gasteiger partial charge on any atom is 0.305 e. The molecule has 2 aliphatic rings. The van der Waals surface area contributed by atoms with E-state index in [-0.39, 0.29) is 12.0 Å². The number of ether oxygens (including phenoxy) is 1. The summed E-state index contributed by atoms with van der Waals surface area (Å²) >= 11 is 8.63. The summed E-state index contributed by atoms with van der Waals surface area (Å²) in [7, 11) is 0. The van der Waals surface area contributed by atoms with Crippen molar-refractivity contribution in [3.63, 3.8) is 0 Å². The monoisotopic (exact) mass is 763 g/mol. The largest absolute Gasteiger partial charge is 0.466 e. The van der Waals surface area contributed by atoms with Crippen LogP contribution in [-0.2, 0) is 33.8 Å². The van der Waals surface area contributed by atoms with Gasteiger partial charge in [-0.15, -0.1) is 21.5 Å². The van der Waals surface area contributed by atoms with Gasteiger partial charge in [0.25, 0.3) is 0 Å². The number of oxime groups is 1. The highest BCUT2D eigenvalue weighted by Gasteiger charge is 2.33. The molecule has 1 unspecified atom stereocenters. The van der Waals surface area contributed by atoms with Crippen LogP contribution in [0.25, 0.3) is 5.00 Å². The van der Waals surface area contributed by atoms with Gasteiger partial charge in [0.1, 0.15) is 29.2 Å². The molecule has 2 aromatic carbocycles. The van der Waals surface area contributed by atoms with Gasteiger partial charge in [0.2, 0.25) is 0 Å². The number of benzene rings is 2. The molecule has 280 valence electrons. The Bertz CT molecular complexity index is 2140. The summed E-state index contributed by atoms with van der Waals surface area (Å²) in [6.07, 6.45) is 9.47. The van der Waals surface area contributed by atoms with Crippen LogP contribution in [0.15, 0.2) is 83.2 Å². The molecule has 0 saturated heterocycles. The van der Waals surface area contributed by atoms with Crippen LogP contribution in [0.2, 0.25) is 5.02 Å². The van der Waals surface area contributed by atoms with Crippen molar-refractivity contribution in [2.45, 2.75) is 78.3 Å². The smallest absolute Gasteiger partial charge is 0.305 e. The number of fused-ring (bicyclic) bond motifs is 5. The first kappa shape index (κ1) is 37.6. The zero-order chi connectivity index (χ0) is 37.4. The summed E-state index contributed by atoms with van der Waals surface area (Å²) in [6.45, 7) is 9.69. The molecular formula is C42H46ClN7O3S. The second kappa shape index (κ2) is 17.6. The lowest BCUT2D eigenvalue weighted by Gasteiger charge is -2.27. The second-order valence-electron chi connectivity index (χ2n) is 13.7. The first-order valence-corrected chi connectivity index (χ1v) is 20.1. The highest BCUT2D eigenvalue weighted by atomic mass is 35.5. The van der Waals surface area contributed by atoms with Crippen LogP contribution in [0.5, 0.6) is 0 Å². The molecule has 0 spiro atoms. The molecule has 0 radical (unpaired) electrons. The summed E-state index contributed by atoms with van der Waals surface area (Å²) in [6, 6.07) is 20.3. The van der Waals surface area contributed by atoms with Crippen LogP contribution < -0.4 is 0 Å². The summed E-state index contributed by atoms with van der Waals surface area (Å²) in [4.78, 5) is 30.9. The van der Waals surface area contributed by atoms with E-state index < -0.39 is 0 Å². The van der Waals surface area contributed by atoms with E-state index in [1.54, 1.807) is 6.20 Å². The summed E-state index contributed by atoms with van der Waals surface area (Å²) in [5, 5.41) is 15.4. The maximum absolute atomic E-state index is 11.6. The molecule has 5 heterocycles. The van der Waals surface area contributed by atoms with Crippen molar-refractivity contribution < 1.29 is 14.4 Å². The van der Waals surface area contributed by atoms with E-state index in [0.717, 1.165) is 96.5 Å². The van der Waals surface area contributed by atoms with E-state index in [0.29, 0.717) is 31.1 Å². The zero-order valence-corrected chi connectivity index (χ0v) is 32.7. The standard InChI is InChI=1S/C42H46ClN7O3S/c1-4-52-37(51)19-8-10-24-53-48-39(32-16-12-21-44-26-32)31-15-11-14-30(25-31)13-7-9-22-49-23-20-34-36(27-49)54-42-38(34)40(33-17-5-6-18-35(33)43)45-28(2)41-47-46-29(3)50(41)42/h5-6,11-12,14-18,21,25-26,28H,4,7-10,13,19-20,22-24,27H2,1-3H3/b48-39+. The number of thiophene rings is 1. The molecule has 12 heteroatoms. The van der Waals surface area contributed by atoms with Crippen molar-refractivity contribution in [3.8, 4) is 5.00 Å². The number of hydrogen-bond acceptors (Lipinski definition) is 10. The van der Waals surface area contributed by atoms with Crippen LogP contribution in [0.3, 0.4) is 0 Å². The summed E-state index contributed by atoms with van der Waals surface area (Å²) < 4.78 is 7.22. The molecule has 2 aliphatic heterocycles. The number of unbranched alkanes of at least 4 members (excludes halogenated alkanes) is 2. The number of pyridine rings is 1. The van der Waals surface area contributed by atoms with Crippen LogP contribution in [0.1, 0.15) is 102 Å². The molecule has 0 fully saturated rings. The number of carbonyl (C=O) groups is 1. The fourth-order valence-electron chi connectivity index (χ4n) is 7.20. The molecule has 0 aliphatic carbocycles. The zero-order valence-electron chi connectivity index (χ0n) is 31.1. The minimum absolute atomic E-state index is 0.142. The Kier molecular flexibility index (Phi) is 12.3. The van der Waals surface area contributed by atoms with Crippen LogP contribution in [-0.4, -0.2) is 68.3 Å². The number of aliphatic imine (C=N–C) groups is 1. The molecule has 10 nitrogen and oxygen atoms in total. The van der Waals surface area contributed by atoms with E-state index >= 15 is 0 Å². The highest BCUT2D eigenvalue weighted by Crippen LogP contribution is 2.42. The molecule has 0 amide bonds. The van der Waals surface area contributed by atoms with E-state index in [2.05, 4.69) is 67.1 Å². The van der Waals surface area contributed by atoms with Gasteiger partial charge in [-0.1, -0.05) is 53.2 Å². The fourth-order valence-corrected chi connectivity index (χ4v) is 8.87. The second-order valence-corrected chi connectivity index (χ2v) is 15.2. The SMILES string of the molecule is CCOC(=O)CCCCO/N=C(/c1cccnc1)c1cccc(CCCCN2CCc3c(sc4c3C(c3ccccc3Cl)=NC(C)c3nnc(C)n3-4)C2)c1. The Balaban J connectivity index is 0.995. The van der Waals surface area contributed by atoms with Crippen molar-refractivity contribution in [2.24, 2.45) is 10.1 Å². The van der Waals surface area contributed by atoms with E-state index in [1.807, 2.05) is 61.7 Å². The molecule has 1 atom stereocenters. The van der Waals surface area contributed by atoms with Crippen molar-refractivity contribution in [3.05, 3.63) is 128 Å². The molecule has 54 heavy (non-hydrogen) atoms. The Labute approximate surface area is 325 Å². The third kappa shape index (κ3) is 8.48. The van der Waals surface area contributed by atoms with E-state index in [1.165, 1.54) is 21.6 Å². The van der Waals surface area contributed by atoms with Gasteiger partial charge in [-0.3, -0.25) is 24.2 Å². The van der Waals surface area contributed by atoms with Gasteiger partial charge < -0.3 is 9.57 Å². The quantitative estimate of drug-likeness (QED) is 0.0456. The molecule has 0 N–H and O–H groups in total. The number of aryl methyl sites for hydroxylation is 2. The van der Waals surface area contributed by atoms with Gasteiger partial charge in [-0.25, -0.2) is 0 Å². The summed E-state index contributed by atoms with van der Waals surface area (Å²) in [5.74, 6) is 1.57. The molecule has 0 saturated carbocycles. The molecule has 7 rings (SSSR count). The van der Waals surface area contributed by atoms with E-state index in [4.69, 9.17) is 26.2 Å². The van der Waals surface area contributed by atoms with Gasteiger partial charge in [0.15, 0.2) is 5.82 Å². The first-order chi connectivity index (χ1) is 26.4. The molecular weight excluding hydrogens is 718 g/mol. The van der Waals surface area contributed by atoms with E-state index in [9.17, 15) is 4.79 Å². The fraction of sp³-hybridized carbons (Fsp3) is 0.381. The van der Waals surface area contributed by atoms with Crippen molar-refractivity contribution in [2.75, 3.05) is 26.3 Å². The minimum atomic E-state index is -0.175. The average molecular weight is 764 g/mol. The number of rotatable bonds is 15. The van der Waals surface area contributed by atoms with Gasteiger partial charge in [-0.05, 0) is 101 Å². The van der Waals surface area contributed by atoms with Gasteiger partial charge in [-0.2, -0.15) is 0 Å². The Hall–Kier alpha value is -4.71. The maximum atomic E-state index is 11.6. The Morgan fingerprint density at radius 1 is 1.04 bits per heavy atom. The Morgan fingerprint density at radius 2 is 1.91 bits per heavy atom. The minimum Gasteiger partial charge on any atom is -0.466 e. The molecule has 3 aromatic heterocycles. The number of halogens is 1. The van der Waals surface area contributed by atoms with Crippen molar-refractivity contribution in [1.29, 1.82) is 0 Å². The number of aromatic nitrogens is 4. The molecule has 0 bridgehead atoms. The van der Waals surface area contributed by atoms with Crippen molar-refractivity contribution >= 4 is 40.3 Å². The highest BCUT2D eigenvalue weighted by molar-refractivity contribution is 7.15. The van der Waals surface area contributed by atoms with Crippen LogP contribution >= 0.6 is 22.9 Å². The number of hydrogen-bond donors (Lipinski definition) is 0.